The Kier molecular flexibility index (Phi) is 4.37. The van der Waals surface area contributed by atoms with E-state index >= 15 is 0 Å². The summed E-state index contributed by atoms with van der Waals surface area (Å²) >= 11 is 8.19. The molecule has 0 unspecified atom stereocenters. The number of carbonyl (C=O) groups excluding carboxylic acids is 1. The van der Waals surface area contributed by atoms with Gasteiger partial charge in [0.1, 0.15) is 0 Å². The number of aliphatic carboxylic acids is 1. The van der Waals surface area contributed by atoms with Crippen molar-refractivity contribution in [1.82, 2.24) is 4.90 Å². The van der Waals surface area contributed by atoms with Crippen LogP contribution in [0.3, 0.4) is 0 Å². The zero-order chi connectivity index (χ0) is 14.2. The van der Waals surface area contributed by atoms with Crippen LogP contribution in [0.5, 0.6) is 0 Å². The lowest BCUT2D eigenvalue weighted by Crippen LogP contribution is -2.45. The first-order chi connectivity index (χ1) is 8.83. The van der Waals surface area contributed by atoms with E-state index in [1.807, 2.05) is 0 Å². The molecule has 0 atom stereocenters. The zero-order valence-electron chi connectivity index (χ0n) is 10.3. The fourth-order valence-corrected chi connectivity index (χ4v) is 4.85. The third-order valence-corrected chi connectivity index (χ3v) is 5.90. The topological polar surface area (TPSA) is 57.6 Å². The summed E-state index contributed by atoms with van der Waals surface area (Å²) in [6.07, 6.45) is 0.994. The maximum Gasteiger partial charge on any atom is 0.309 e. The summed E-state index contributed by atoms with van der Waals surface area (Å²) in [6.45, 7) is 2.72. The van der Waals surface area contributed by atoms with Crippen molar-refractivity contribution in [3.8, 4) is 0 Å². The van der Waals surface area contributed by atoms with Crippen LogP contribution in [0.1, 0.15) is 30.1 Å². The Balaban J connectivity index is 2.08. The highest BCUT2D eigenvalue weighted by Gasteiger charge is 2.38. The molecule has 0 bridgehead atoms. The van der Waals surface area contributed by atoms with E-state index in [0.29, 0.717) is 31.5 Å². The molecule has 0 aliphatic carbocycles. The van der Waals surface area contributed by atoms with Crippen molar-refractivity contribution in [2.75, 3.05) is 13.1 Å². The van der Waals surface area contributed by atoms with Gasteiger partial charge in [0.2, 0.25) is 0 Å². The first-order valence-electron chi connectivity index (χ1n) is 5.81. The van der Waals surface area contributed by atoms with Crippen molar-refractivity contribution >= 4 is 55.1 Å². The van der Waals surface area contributed by atoms with Gasteiger partial charge >= 0.3 is 5.97 Å². The van der Waals surface area contributed by atoms with Crippen LogP contribution in [0, 0.1) is 5.41 Å². The summed E-state index contributed by atoms with van der Waals surface area (Å²) in [4.78, 5) is 25.2. The first-order valence-corrected chi connectivity index (χ1v) is 8.21. The van der Waals surface area contributed by atoms with Crippen LogP contribution in [-0.4, -0.2) is 35.0 Å². The minimum atomic E-state index is -0.779. The first kappa shape index (κ1) is 15.0. The second-order valence-electron chi connectivity index (χ2n) is 4.90. The molecule has 19 heavy (non-hydrogen) atoms. The Morgan fingerprint density at radius 3 is 2.37 bits per heavy atom. The summed E-state index contributed by atoms with van der Waals surface area (Å²) in [7, 11) is 0. The number of hydrogen-bond donors (Lipinski definition) is 1. The van der Waals surface area contributed by atoms with Gasteiger partial charge in [0, 0.05) is 13.1 Å². The van der Waals surface area contributed by atoms with E-state index in [0.717, 1.165) is 7.57 Å². The lowest BCUT2D eigenvalue weighted by atomic mass is 9.80. The van der Waals surface area contributed by atoms with Gasteiger partial charge in [-0.25, -0.2) is 0 Å². The molecule has 2 heterocycles. The molecule has 1 N–H and O–H groups in total. The predicted octanol–water partition coefficient (Wildman–Crippen LogP) is 3.60. The van der Waals surface area contributed by atoms with E-state index in [9.17, 15) is 14.7 Å². The van der Waals surface area contributed by atoms with E-state index in [2.05, 4.69) is 31.9 Å². The molecule has 7 heteroatoms. The molecule has 104 valence electrons. The monoisotopic (exact) mass is 409 g/mol. The van der Waals surface area contributed by atoms with Crippen LogP contribution in [0.4, 0.5) is 0 Å². The lowest BCUT2D eigenvalue weighted by Gasteiger charge is -2.36. The van der Waals surface area contributed by atoms with Gasteiger partial charge in [-0.15, -0.1) is 11.3 Å². The smallest absolute Gasteiger partial charge is 0.309 e. The van der Waals surface area contributed by atoms with Gasteiger partial charge in [-0.1, -0.05) is 0 Å². The highest BCUT2D eigenvalue weighted by Crippen LogP contribution is 2.35. The number of carbonyl (C=O) groups is 2. The highest BCUT2D eigenvalue weighted by atomic mass is 79.9. The second kappa shape index (κ2) is 5.54. The van der Waals surface area contributed by atoms with Crippen LogP contribution >= 0.6 is 43.2 Å². The molecule has 1 aromatic heterocycles. The molecule has 1 aliphatic heterocycles. The van der Waals surface area contributed by atoms with Crippen LogP contribution in [0.25, 0.3) is 0 Å². The predicted molar refractivity (Wildman–Crippen MR) is 80.6 cm³/mol. The zero-order valence-corrected chi connectivity index (χ0v) is 14.3. The number of rotatable bonds is 2. The van der Waals surface area contributed by atoms with Gasteiger partial charge in [-0.05, 0) is 57.7 Å². The Labute approximate surface area is 132 Å². The molecule has 2 rings (SSSR count). The average Bonchev–Trinajstić information content (AvgIpc) is 2.68. The molecule has 4 nitrogen and oxygen atoms in total. The number of hydrogen-bond acceptors (Lipinski definition) is 3. The molecule has 1 amide bonds. The molecule has 1 fully saturated rings. The number of likely N-dealkylation sites (tertiary alicyclic amines) is 1. The largest absolute Gasteiger partial charge is 0.481 e. The van der Waals surface area contributed by atoms with E-state index < -0.39 is 11.4 Å². The van der Waals surface area contributed by atoms with Crippen molar-refractivity contribution in [1.29, 1.82) is 0 Å². The number of halogens is 2. The molecule has 0 radical (unpaired) electrons. The number of piperidine rings is 1. The van der Waals surface area contributed by atoms with E-state index in [4.69, 9.17) is 0 Å². The van der Waals surface area contributed by atoms with Crippen LogP contribution < -0.4 is 0 Å². The molecule has 1 aliphatic rings. The van der Waals surface area contributed by atoms with E-state index in [-0.39, 0.29) is 5.91 Å². The minimum absolute atomic E-state index is 0.0405. The Morgan fingerprint density at radius 1 is 1.37 bits per heavy atom. The molecule has 1 saturated heterocycles. The van der Waals surface area contributed by atoms with Crippen molar-refractivity contribution < 1.29 is 14.7 Å². The maximum absolute atomic E-state index is 12.3. The minimum Gasteiger partial charge on any atom is -0.481 e. The molecule has 0 spiro atoms. The number of carboxylic acid groups (broad SMARTS) is 1. The van der Waals surface area contributed by atoms with Gasteiger partial charge in [-0.3, -0.25) is 9.59 Å². The van der Waals surface area contributed by atoms with Crippen LogP contribution in [-0.2, 0) is 4.79 Å². The Morgan fingerprint density at radius 2 is 1.95 bits per heavy atom. The summed E-state index contributed by atoms with van der Waals surface area (Å²) in [5, 5.41) is 9.17. The second-order valence-corrected chi connectivity index (χ2v) is 8.65. The Hall–Kier alpha value is -0.400. The van der Waals surface area contributed by atoms with Crippen LogP contribution in [0.2, 0.25) is 0 Å². The van der Waals surface area contributed by atoms with Gasteiger partial charge in [0.15, 0.2) is 0 Å². The van der Waals surface area contributed by atoms with Crippen molar-refractivity contribution in [2.24, 2.45) is 5.41 Å². The molecule has 0 aromatic carbocycles. The van der Waals surface area contributed by atoms with Crippen molar-refractivity contribution in [3.05, 3.63) is 19.2 Å². The average molecular weight is 411 g/mol. The highest BCUT2D eigenvalue weighted by molar-refractivity contribution is 9.12. The van der Waals surface area contributed by atoms with E-state index in [1.165, 1.54) is 11.3 Å². The van der Waals surface area contributed by atoms with Gasteiger partial charge in [-0.2, -0.15) is 0 Å². The van der Waals surface area contributed by atoms with Gasteiger partial charge < -0.3 is 10.0 Å². The summed E-state index contributed by atoms with van der Waals surface area (Å²) < 4.78 is 1.70. The van der Waals surface area contributed by atoms with Gasteiger partial charge in [0.25, 0.3) is 5.91 Å². The summed E-state index contributed by atoms with van der Waals surface area (Å²) in [5.74, 6) is -0.819. The number of thiophene rings is 1. The fourth-order valence-electron chi connectivity index (χ4n) is 2.07. The maximum atomic E-state index is 12.3. The number of nitrogens with zero attached hydrogens (tertiary/aromatic N) is 1. The number of amides is 1. The van der Waals surface area contributed by atoms with Crippen molar-refractivity contribution in [3.63, 3.8) is 0 Å². The lowest BCUT2D eigenvalue weighted by molar-refractivity contribution is -0.150. The molecule has 1 aromatic rings. The number of carboxylic acids is 1. The standard InChI is InChI=1S/C12H13Br2NO3S/c1-12(11(17)18)2-4-15(5-3-12)10(16)7-6-8(13)19-9(7)14/h6H,2-5H2,1H3,(H,17,18). The van der Waals surface area contributed by atoms with Gasteiger partial charge in [0.05, 0.1) is 18.6 Å². The normalized spacial score (nSPS) is 18.4. The quantitative estimate of drug-likeness (QED) is 0.810. The summed E-state index contributed by atoms with van der Waals surface area (Å²) in [6, 6.07) is 1.79. The van der Waals surface area contributed by atoms with Crippen LogP contribution in [0.15, 0.2) is 13.6 Å². The van der Waals surface area contributed by atoms with Crippen molar-refractivity contribution in [2.45, 2.75) is 19.8 Å². The SMILES string of the molecule is CC1(C(=O)O)CCN(C(=O)c2cc(Br)sc2Br)CC1. The molecular formula is C12H13Br2NO3S. The molecular weight excluding hydrogens is 398 g/mol. The molecule has 0 saturated carbocycles. The Bertz CT molecular complexity index is 521. The third-order valence-electron chi connectivity index (χ3n) is 3.56. The third kappa shape index (κ3) is 3.03. The van der Waals surface area contributed by atoms with E-state index in [1.54, 1.807) is 17.9 Å². The summed E-state index contributed by atoms with van der Waals surface area (Å²) in [5.41, 5.74) is -0.0701. The fraction of sp³-hybridized carbons (Fsp3) is 0.500.